The minimum Gasteiger partial charge on any atom is -0.318 e. The molecule has 1 aliphatic carbocycles. The number of carbonyl (C=O) groups excluding carboxylic acids is 3. The maximum absolute atomic E-state index is 13.1. The second-order valence-electron chi connectivity index (χ2n) is 7.36. The van der Waals surface area contributed by atoms with E-state index >= 15 is 0 Å². The van der Waals surface area contributed by atoms with Crippen molar-refractivity contribution in [2.75, 3.05) is 5.75 Å². The van der Waals surface area contributed by atoms with Crippen LogP contribution in [0.25, 0.3) is 0 Å². The zero-order valence-electron chi connectivity index (χ0n) is 16.6. The van der Waals surface area contributed by atoms with E-state index in [0.29, 0.717) is 17.1 Å². The van der Waals surface area contributed by atoms with Gasteiger partial charge in [-0.15, -0.1) is 5.10 Å². The average molecular weight is 430 g/mol. The Kier molecular flexibility index (Phi) is 5.71. The van der Waals surface area contributed by atoms with E-state index < -0.39 is 23.4 Å². The number of hydrogen-bond donors (Lipinski definition) is 2. The molecule has 1 saturated carbocycles. The fourth-order valence-electron chi connectivity index (χ4n) is 3.98. The summed E-state index contributed by atoms with van der Waals surface area (Å²) in [6.45, 7) is 1.81. The summed E-state index contributed by atoms with van der Waals surface area (Å²) < 4.78 is 1.76. The number of carbonyl (C=O) groups is 3. The third-order valence-corrected chi connectivity index (χ3v) is 6.52. The van der Waals surface area contributed by atoms with Crippen molar-refractivity contribution in [3.8, 4) is 0 Å². The summed E-state index contributed by atoms with van der Waals surface area (Å²) in [5.41, 5.74) is 1.91. The predicted molar refractivity (Wildman–Crippen MR) is 108 cm³/mol. The molecule has 1 aliphatic heterocycles. The van der Waals surface area contributed by atoms with Crippen molar-refractivity contribution < 1.29 is 14.4 Å². The van der Waals surface area contributed by atoms with Gasteiger partial charge in [0.05, 0.1) is 11.8 Å². The summed E-state index contributed by atoms with van der Waals surface area (Å²) in [7, 11) is 0. The van der Waals surface area contributed by atoms with Crippen molar-refractivity contribution >= 4 is 29.6 Å². The van der Waals surface area contributed by atoms with Crippen LogP contribution in [0.5, 0.6) is 0 Å². The summed E-state index contributed by atoms with van der Waals surface area (Å²) in [4.78, 5) is 38.0. The normalized spacial score (nSPS) is 21.8. The molecule has 2 N–H and O–H groups in total. The van der Waals surface area contributed by atoms with Gasteiger partial charge < -0.3 is 5.32 Å². The number of imide groups is 1. The molecule has 0 bridgehead atoms. The van der Waals surface area contributed by atoms with Crippen LogP contribution in [0.15, 0.2) is 35.5 Å². The highest BCUT2D eigenvalue weighted by Gasteiger charge is 2.52. The predicted octanol–water partition coefficient (Wildman–Crippen LogP) is 1.77. The lowest BCUT2D eigenvalue weighted by Gasteiger charge is -2.25. The monoisotopic (exact) mass is 429 g/mol. The van der Waals surface area contributed by atoms with Crippen molar-refractivity contribution in [1.82, 2.24) is 36.0 Å². The molecule has 2 heterocycles. The van der Waals surface area contributed by atoms with Gasteiger partial charge in [0.25, 0.3) is 5.91 Å². The van der Waals surface area contributed by atoms with Crippen LogP contribution in [-0.2, 0) is 15.1 Å². The second kappa shape index (κ2) is 8.42. The molecule has 30 heavy (non-hydrogen) atoms. The zero-order valence-corrected chi connectivity index (χ0v) is 17.4. The van der Waals surface area contributed by atoms with Gasteiger partial charge in [-0.25, -0.2) is 9.48 Å². The molecule has 1 atom stereocenters. The quantitative estimate of drug-likeness (QED) is 0.508. The Bertz CT molecular complexity index is 945. The number of hydrogen-bond acceptors (Lipinski definition) is 7. The van der Waals surface area contributed by atoms with Gasteiger partial charge in [0.2, 0.25) is 11.1 Å². The number of amides is 4. The van der Waals surface area contributed by atoms with Crippen LogP contribution < -0.4 is 10.7 Å². The molecule has 0 radical (unpaired) electrons. The first-order valence-electron chi connectivity index (χ1n) is 9.97. The van der Waals surface area contributed by atoms with Crippen molar-refractivity contribution in [2.45, 2.75) is 55.8 Å². The Morgan fingerprint density at radius 2 is 2.00 bits per heavy atom. The standard InChI is InChI=1S/C19H23N7O3S/c1-2-19(13-8-4-3-5-9-13)16(28)26(17(29)20-19)22-15(27)12-30-18-21-23-24-25(18)14-10-6-7-11-14/h3-5,8-9,14H,2,6-7,10-12H2,1H3,(H,20,29)(H,22,27)/t19-/m1/s1. The lowest BCUT2D eigenvalue weighted by Crippen LogP contribution is -2.49. The van der Waals surface area contributed by atoms with E-state index in [-0.39, 0.29) is 11.8 Å². The third-order valence-electron chi connectivity index (χ3n) is 5.59. The lowest BCUT2D eigenvalue weighted by atomic mass is 9.87. The molecule has 2 aliphatic rings. The maximum atomic E-state index is 13.1. The van der Waals surface area contributed by atoms with E-state index in [1.165, 1.54) is 11.8 Å². The van der Waals surface area contributed by atoms with E-state index in [1.54, 1.807) is 28.9 Å². The van der Waals surface area contributed by atoms with Gasteiger partial charge in [0.1, 0.15) is 5.54 Å². The van der Waals surface area contributed by atoms with E-state index in [1.807, 2.05) is 13.0 Å². The fraction of sp³-hybridized carbons (Fsp3) is 0.474. The minimum atomic E-state index is -1.19. The van der Waals surface area contributed by atoms with Crippen LogP contribution in [0.2, 0.25) is 0 Å². The van der Waals surface area contributed by atoms with Gasteiger partial charge in [0.15, 0.2) is 0 Å². The molecule has 11 heteroatoms. The number of nitrogens with one attached hydrogen (secondary N) is 2. The van der Waals surface area contributed by atoms with Crippen LogP contribution in [-0.4, -0.2) is 48.8 Å². The average Bonchev–Trinajstić information content (AvgIpc) is 3.49. The molecular weight excluding hydrogens is 406 g/mol. The number of rotatable bonds is 7. The first kappa shape index (κ1) is 20.3. The number of aromatic nitrogens is 4. The largest absolute Gasteiger partial charge is 0.344 e. The molecule has 2 fully saturated rings. The van der Waals surface area contributed by atoms with Gasteiger partial charge in [-0.1, -0.05) is 61.9 Å². The number of urea groups is 1. The molecule has 1 saturated heterocycles. The summed E-state index contributed by atoms with van der Waals surface area (Å²) in [6.07, 6.45) is 4.68. The van der Waals surface area contributed by atoms with E-state index in [4.69, 9.17) is 0 Å². The summed E-state index contributed by atoms with van der Waals surface area (Å²) in [5, 5.41) is 15.8. The van der Waals surface area contributed by atoms with Crippen LogP contribution in [0, 0.1) is 0 Å². The smallest absolute Gasteiger partial charge is 0.318 e. The SMILES string of the molecule is CC[C@]1(c2ccccc2)NC(=O)N(NC(=O)CSc2nnnn2C2CCCC2)C1=O. The molecule has 4 rings (SSSR count). The molecule has 4 amide bonds. The van der Waals surface area contributed by atoms with Crippen molar-refractivity contribution in [3.63, 3.8) is 0 Å². The highest BCUT2D eigenvalue weighted by Crippen LogP contribution is 2.32. The van der Waals surface area contributed by atoms with Crippen LogP contribution in [0.1, 0.15) is 50.6 Å². The topological polar surface area (TPSA) is 122 Å². The number of nitrogens with zero attached hydrogens (tertiary/aromatic N) is 5. The number of thioether (sulfide) groups is 1. The highest BCUT2D eigenvalue weighted by molar-refractivity contribution is 7.99. The van der Waals surface area contributed by atoms with Crippen LogP contribution >= 0.6 is 11.8 Å². The maximum Gasteiger partial charge on any atom is 0.344 e. The number of hydrazine groups is 1. The van der Waals surface area contributed by atoms with Gasteiger partial charge in [0, 0.05) is 0 Å². The van der Waals surface area contributed by atoms with Crippen molar-refractivity contribution in [2.24, 2.45) is 0 Å². The lowest BCUT2D eigenvalue weighted by molar-refractivity contribution is -0.138. The van der Waals surface area contributed by atoms with Gasteiger partial charge in [-0.05, 0) is 35.3 Å². The molecule has 158 valence electrons. The Morgan fingerprint density at radius 1 is 1.27 bits per heavy atom. The first-order valence-corrected chi connectivity index (χ1v) is 11.0. The Morgan fingerprint density at radius 3 is 2.70 bits per heavy atom. The van der Waals surface area contributed by atoms with Gasteiger partial charge in [-0.2, -0.15) is 5.01 Å². The van der Waals surface area contributed by atoms with Crippen molar-refractivity contribution in [3.05, 3.63) is 35.9 Å². The molecule has 10 nitrogen and oxygen atoms in total. The van der Waals surface area contributed by atoms with Gasteiger partial charge in [-0.3, -0.25) is 15.0 Å². The molecular formula is C19H23N7O3S. The van der Waals surface area contributed by atoms with Crippen molar-refractivity contribution in [1.29, 1.82) is 0 Å². The molecule has 2 aromatic rings. The fourth-order valence-corrected chi connectivity index (χ4v) is 4.72. The summed E-state index contributed by atoms with van der Waals surface area (Å²) in [5.74, 6) is -1.01. The number of benzene rings is 1. The molecule has 1 aromatic carbocycles. The van der Waals surface area contributed by atoms with E-state index in [9.17, 15) is 14.4 Å². The van der Waals surface area contributed by atoms with Crippen LogP contribution in [0.4, 0.5) is 4.79 Å². The summed E-state index contributed by atoms with van der Waals surface area (Å²) >= 11 is 1.18. The zero-order chi connectivity index (χ0) is 21.1. The highest BCUT2D eigenvalue weighted by atomic mass is 32.2. The molecule has 1 aromatic heterocycles. The van der Waals surface area contributed by atoms with Gasteiger partial charge >= 0.3 is 6.03 Å². The Labute approximate surface area is 177 Å². The minimum absolute atomic E-state index is 0.0192. The van der Waals surface area contributed by atoms with Crippen LogP contribution in [0.3, 0.4) is 0 Å². The second-order valence-corrected chi connectivity index (χ2v) is 8.31. The van der Waals surface area contributed by atoms with E-state index in [0.717, 1.165) is 30.7 Å². The molecule has 0 unspecified atom stereocenters. The Balaban J connectivity index is 1.41. The third kappa shape index (κ3) is 3.64. The van der Waals surface area contributed by atoms with E-state index in [2.05, 4.69) is 26.3 Å². The summed E-state index contributed by atoms with van der Waals surface area (Å²) in [6, 6.07) is 8.62. The Hall–Kier alpha value is -2.95. The molecule has 0 spiro atoms. The first-order chi connectivity index (χ1) is 14.5. The number of tetrazole rings is 1.